The zero-order valence-corrected chi connectivity index (χ0v) is 21.3. The van der Waals surface area contributed by atoms with Gasteiger partial charge < -0.3 is 14.8 Å². The van der Waals surface area contributed by atoms with Crippen LogP contribution < -0.4 is 10.1 Å². The van der Waals surface area contributed by atoms with E-state index < -0.39 is 6.04 Å². The molecule has 0 heterocycles. The first-order chi connectivity index (χ1) is 16.1. The highest BCUT2D eigenvalue weighted by molar-refractivity contribution is 5.96. The Morgan fingerprint density at radius 2 is 1.21 bits per heavy atom. The number of benzene rings is 1. The summed E-state index contributed by atoms with van der Waals surface area (Å²) in [4.78, 5) is 24.3. The molecule has 1 N–H and O–H groups in total. The van der Waals surface area contributed by atoms with Gasteiger partial charge in [0.15, 0.2) is 0 Å². The third-order valence-corrected chi connectivity index (χ3v) is 6.05. The summed E-state index contributed by atoms with van der Waals surface area (Å²) in [7, 11) is 1.58. The number of hydrogen-bond acceptors (Lipinski definition) is 4. The van der Waals surface area contributed by atoms with Crippen molar-refractivity contribution in [1.29, 1.82) is 0 Å². The smallest absolute Gasteiger partial charge is 0.328 e. The second kappa shape index (κ2) is 19.4. The average Bonchev–Trinajstić information content (AvgIpc) is 2.83. The van der Waals surface area contributed by atoms with Crippen LogP contribution in [0.15, 0.2) is 24.3 Å². The predicted molar refractivity (Wildman–Crippen MR) is 136 cm³/mol. The van der Waals surface area contributed by atoms with Crippen LogP contribution in [0.1, 0.15) is 121 Å². The van der Waals surface area contributed by atoms with E-state index in [1.807, 2.05) is 0 Å². The molecular weight excluding hydrogens is 414 g/mol. The van der Waals surface area contributed by atoms with E-state index in [4.69, 9.17) is 9.47 Å². The van der Waals surface area contributed by atoms with Crippen molar-refractivity contribution >= 4 is 11.9 Å². The van der Waals surface area contributed by atoms with Gasteiger partial charge in [0, 0.05) is 5.56 Å². The van der Waals surface area contributed by atoms with Gasteiger partial charge in [-0.25, -0.2) is 4.79 Å². The van der Waals surface area contributed by atoms with Crippen LogP contribution in [-0.2, 0) is 9.53 Å². The van der Waals surface area contributed by atoms with Crippen LogP contribution in [0.3, 0.4) is 0 Å². The largest absolute Gasteiger partial charge is 0.497 e. The second-order valence-corrected chi connectivity index (χ2v) is 9.04. The van der Waals surface area contributed by atoms with E-state index in [-0.39, 0.29) is 11.9 Å². The summed E-state index contributed by atoms with van der Waals surface area (Å²) >= 11 is 0. The molecule has 1 aromatic rings. The summed E-state index contributed by atoms with van der Waals surface area (Å²) in [6, 6.07) is 6.10. The van der Waals surface area contributed by atoms with Gasteiger partial charge in [-0.2, -0.15) is 0 Å². The number of ether oxygens (including phenoxy) is 2. The number of nitrogens with one attached hydrogen (secondary N) is 1. The molecule has 0 saturated carbocycles. The highest BCUT2D eigenvalue weighted by atomic mass is 16.5. The van der Waals surface area contributed by atoms with Crippen LogP contribution in [0.5, 0.6) is 5.75 Å². The highest BCUT2D eigenvalue weighted by Gasteiger charge is 2.17. The van der Waals surface area contributed by atoms with Crippen molar-refractivity contribution < 1.29 is 19.1 Å². The Bertz CT molecular complexity index is 629. The van der Waals surface area contributed by atoms with Gasteiger partial charge in [0.2, 0.25) is 0 Å². The first kappa shape index (κ1) is 29.0. The third kappa shape index (κ3) is 14.7. The summed E-state index contributed by atoms with van der Waals surface area (Å²) in [6.07, 6.45) is 19.6. The lowest BCUT2D eigenvalue weighted by Gasteiger charge is -2.13. The molecule has 1 rings (SSSR count). The standard InChI is InChI=1S/C28H47NO4/c1-4-5-6-7-8-9-10-11-12-13-14-15-16-17-18-23-33-28(31)24(2)29-27(30)25-19-21-26(32-3)22-20-25/h19-22,24H,4-18,23H2,1-3H3,(H,29,30). The molecule has 0 fully saturated rings. The highest BCUT2D eigenvalue weighted by Crippen LogP contribution is 2.14. The van der Waals surface area contributed by atoms with Crippen LogP contribution in [-0.4, -0.2) is 31.6 Å². The molecule has 5 heteroatoms. The van der Waals surface area contributed by atoms with E-state index in [2.05, 4.69) is 12.2 Å². The molecule has 1 aromatic carbocycles. The van der Waals surface area contributed by atoms with Gasteiger partial charge in [0.05, 0.1) is 13.7 Å². The molecule has 0 aliphatic carbocycles. The summed E-state index contributed by atoms with van der Waals surface area (Å²) in [5, 5.41) is 2.68. The normalized spacial score (nSPS) is 11.7. The Labute approximate surface area is 202 Å². The van der Waals surface area contributed by atoms with Crippen LogP contribution in [0.25, 0.3) is 0 Å². The van der Waals surface area contributed by atoms with Gasteiger partial charge in [-0.1, -0.05) is 96.8 Å². The maximum Gasteiger partial charge on any atom is 0.328 e. The number of esters is 1. The maximum atomic E-state index is 12.2. The minimum Gasteiger partial charge on any atom is -0.497 e. The zero-order chi connectivity index (χ0) is 24.2. The molecule has 1 unspecified atom stereocenters. The number of hydrogen-bond donors (Lipinski definition) is 1. The molecule has 0 aliphatic rings. The minimum atomic E-state index is -0.670. The number of carbonyl (C=O) groups excluding carboxylic acids is 2. The number of carbonyl (C=O) groups is 2. The topological polar surface area (TPSA) is 64.6 Å². The first-order valence-corrected chi connectivity index (χ1v) is 13.2. The van der Waals surface area contributed by atoms with Crippen molar-refractivity contribution in [2.45, 2.75) is 116 Å². The first-order valence-electron chi connectivity index (χ1n) is 13.2. The third-order valence-electron chi connectivity index (χ3n) is 6.05. The van der Waals surface area contributed by atoms with Gasteiger partial charge in [-0.05, 0) is 37.6 Å². The Kier molecular flexibility index (Phi) is 17.1. The van der Waals surface area contributed by atoms with Crippen molar-refractivity contribution in [2.75, 3.05) is 13.7 Å². The fraction of sp³-hybridized carbons (Fsp3) is 0.714. The van der Waals surface area contributed by atoms with Gasteiger partial charge in [-0.15, -0.1) is 0 Å². The Morgan fingerprint density at radius 1 is 0.758 bits per heavy atom. The molecule has 188 valence electrons. The molecule has 0 spiro atoms. The second-order valence-electron chi connectivity index (χ2n) is 9.04. The fourth-order valence-electron chi connectivity index (χ4n) is 3.85. The van der Waals surface area contributed by atoms with Crippen LogP contribution in [0.4, 0.5) is 0 Å². The molecule has 0 bridgehead atoms. The van der Waals surface area contributed by atoms with Crippen molar-refractivity contribution in [3.8, 4) is 5.75 Å². The number of rotatable bonds is 20. The monoisotopic (exact) mass is 461 g/mol. The molecule has 0 aliphatic heterocycles. The molecule has 1 atom stereocenters. The molecule has 0 saturated heterocycles. The predicted octanol–water partition coefficient (Wildman–Crippen LogP) is 7.23. The van der Waals surface area contributed by atoms with Gasteiger partial charge in [0.25, 0.3) is 5.91 Å². The summed E-state index contributed by atoms with van der Waals surface area (Å²) < 4.78 is 10.4. The Morgan fingerprint density at radius 3 is 1.67 bits per heavy atom. The minimum absolute atomic E-state index is 0.297. The number of methoxy groups -OCH3 is 1. The summed E-state index contributed by atoms with van der Waals surface area (Å²) in [5.41, 5.74) is 0.484. The fourth-order valence-corrected chi connectivity index (χ4v) is 3.85. The quantitative estimate of drug-likeness (QED) is 0.164. The van der Waals surface area contributed by atoms with Crippen LogP contribution >= 0.6 is 0 Å². The van der Waals surface area contributed by atoms with Crippen LogP contribution in [0.2, 0.25) is 0 Å². The van der Waals surface area contributed by atoms with Crippen LogP contribution in [0, 0.1) is 0 Å². The van der Waals surface area contributed by atoms with Crippen molar-refractivity contribution in [1.82, 2.24) is 5.32 Å². The molecule has 5 nitrogen and oxygen atoms in total. The lowest BCUT2D eigenvalue weighted by atomic mass is 10.0. The average molecular weight is 462 g/mol. The van der Waals surface area contributed by atoms with E-state index in [0.717, 1.165) is 12.8 Å². The Balaban J connectivity index is 1.94. The maximum absolute atomic E-state index is 12.2. The molecular formula is C28H47NO4. The van der Waals surface area contributed by atoms with E-state index in [1.165, 1.54) is 83.5 Å². The summed E-state index contributed by atoms with van der Waals surface area (Å²) in [6.45, 7) is 4.33. The van der Waals surface area contributed by atoms with Gasteiger partial charge >= 0.3 is 5.97 Å². The zero-order valence-electron chi connectivity index (χ0n) is 21.3. The van der Waals surface area contributed by atoms with Crippen molar-refractivity contribution in [2.24, 2.45) is 0 Å². The van der Waals surface area contributed by atoms with E-state index in [0.29, 0.717) is 17.9 Å². The van der Waals surface area contributed by atoms with Gasteiger partial charge in [-0.3, -0.25) is 4.79 Å². The van der Waals surface area contributed by atoms with Gasteiger partial charge in [0.1, 0.15) is 11.8 Å². The summed E-state index contributed by atoms with van der Waals surface area (Å²) in [5.74, 6) is -0.00110. The van der Waals surface area contributed by atoms with Crippen molar-refractivity contribution in [3.63, 3.8) is 0 Å². The lowest BCUT2D eigenvalue weighted by molar-refractivity contribution is -0.145. The molecule has 0 aromatic heterocycles. The van der Waals surface area contributed by atoms with E-state index in [9.17, 15) is 9.59 Å². The van der Waals surface area contributed by atoms with E-state index in [1.54, 1.807) is 38.3 Å². The molecule has 1 amide bonds. The Hall–Kier alpha value is -2.04. The van der Waals surface area contributed by atoms with E-state index >= 15 is 0 Å². The number of amides is 1. The molecule has 0 radical (unpaired) electrons. The number of unbranched alkanes of at least 4 members (excludes halogenated alkanes) is 14. The molecule has 33 heavy (non-hydrogen) atoms. The lowest BCUT2D eigenvalue weighted by Crippen LogP contribution is -2.39. The SMILES string of the molecule is CCCCCCCCCCCCCCCCCOC(=O)C(C)NC(=O)c1ccc(OC)cc1. The van der Waals surface area contributed by atoms with Crippen molar-refractivity contribution in [3.05, 3.63) is 29.8 Å².